The van der Waals surface area contributed by atoms with Crippen LogP contribution in [0.5, 0.6) is 0 Å². The van der Waals surface area contributed by atoms with Gasteiger partial charge < -0.3 is 20.1 Å². The van der Waals surface area contributed by atoms with Crippen LogP contribution < -0.4 is 5.32 Å². The maximum absolute atomic E-state index is 12.5. The number of H-pyrrole nitrogens is 1. The molecule has 0 aliphatic carbocycles. The fourth-order valence-corrected chi connectivity index (χ4v) is 3.18. The monoisotopic (exact) mass is 336 g/mol. The third-order valence-corrected chi connectivity index (χ3v) is 4.58. The molecule has 1 unspecified atom stereocenters. The summed E-state index contributed by atoms with van der Waals surface area (Å²) in [6, 6.07) is 5.33. The first-order valence-electron chi connectivity index (χ1n) is 7.38. The third kappa shape index (κ3) is 2.92. The summed E-state index contributed by atoms with van der Waals surface area (Å²) in [6.07, 6.45) is 2.73. The van der Waals surface area contributed by atoms with E-state index in [9.17, 15) is 14.7 Å². The Labute approximate surface area is 137 Å². The summed E-state index contributed by atoms with van der Waals surface area (Å²) < 4.78 is 5.30. The van der Waals surface area contributed by atoms with E-state index in [0.717, 1.165) is 5.52 Å². The molecule has 6 nitrogen and oxygen atoms in total. The lowest BCUT2D eigenvalue weighted by atomic mass is 9.82. The highest BCUT2D eigenvalue weighted by Crippen LogP contribution is 2.29. The molecule has 23 heavy (non-hydrogen) atoms. The van der Waals surface area contributed by atoms with Gasteiger partial charge in [0, 0.05) is 30.3 Å². The number of ether oxygens (including phenoxy) is 1. The normalized spacial score (nSPS) is 21.3. The van der Waals surface area contributed by atoms with Gasteiger partial charge in [-0.25, -0.2) is 0 Å². The van der Waals surface area contributed by atoms with E-state index in [-0.39, 0.29) is 19.1 Å². The van der Waals surface area contributed by atoms with E-state index in [1.165, 1.54) is 0 Å². The molecule has 0 radical (unpaired) electrons. The van der Waals surface area contributed by atoms with E-state index in [1.807, 2.05) is 6.07 Å². The van der Waals surface area contributed by atoms with Crippen molar-refractivity contribution in [3.8, 4) is 0 Å². The van der Waals surface area contributed by atoms with Gasteiger partial charge in [-0.2, -0.15) is 0 Å². The van der Waals surface area contributed by atoms with Gasteiger partial charge in [-0.15, -0.1) is 0 Å². The Hall–Kier alpha value is -2.05. The highest BCUT2D eigenvalue weighted by Gasteiger charge is 2.41. The highest BCUT2D eigenvalue weighted by atomic mass is 35.5. The number of halogens is 1. The number of carbonyl (C=O) groups excluding carboxylic acids is 1. The lowest BCUT2D eigenvalue weighted by Crippen LogP contribution is -2.48. The maximum atomic E-state index is 12.5. The zero-order valence-electron chi connectivity index (χ0n) is 12.4. The first-order valence-corrected chi connectivity index (χ1v) is 7.76. The van der Waals surface area contributed by atoms with Crippen molar-refractivity contribution in [2.75, 3.05) is 19.8 Å². The van der Waals surface area contributed by atoms with Gasteiger partial charge in [0.2, 0.25) is 0 Å². The number of amides is 1. The van der Waals surface area contributed by atoms with Gasteiger partial charge in [-0.05, 0) is 25.0 Å². The predicted molar refractivity (Wildman–Crippen MR) is 85.8 cm³/mol. The number of carboxylic acid groups (broad SMARTS) is 1. The molecule has 2 heterocycles. The van der Waals surface area contributed by atoms with Crippen LogP contribution in [-0.4, -0.2) is 41.7 Å². The number of hydrogen-bond acceptors (Lipinski definition) is 3. The van der Waals surface area contributed by atoms with Crippen LogP contribution in [-0.2, 0) is 9.53 Å². The number of benzene rings is 1. The van der Waals surface area contributed by atoms with Crippen LogP contribution in [0, 0.1) is 5.41 Å². The van der Waals surface area contributed by atoms with Gasteiger partial charge >= 0.3 is 5.97 Å². The second-order valence-electron chi connectivity index (χ2n) is 5.79. The number of hydrogen-bond donors (Lipinski definition) is 3. The van der Waals surface area contributed by atoms with Gasteiger partial charge in [0.15, 0.2) is 0 Å². The Morgan fingerprint density at radius 3 is 2.96 bits per heavy atom. The number of nitrogens with one attached hydrogen (secondary N) is 2. The van der Waals surface area contributed by atoms with Crippen molar-refractivity contribution in [1.29, 1.82) is 0 Å². The van der Waals surface area contributed by atoms with Crippen LogP contribution in [0.4, 0.5) is 0 Å². The fourth-order valence-electron chi connectivity index (χ4n) is 2.90. The van der Waals surface area contributed by atoms with Crippen LogP contribution >= 0.6 is 11.6 Å². The predicted octanol–water partition coefficient (Wildman–Crippen LogP) is 2.43. The van der Waals surface area contributed by atoms with Gasteiger partial charge in [0.25, 0.3) is 5.91 Å². The molecule has 0 bridgehead atoms. The molecule has 1 amide bonds. The first kappa shape index (κ1) is 15.8. The molecule has 0 saturated carbocycles. The van der Waals surface area contributed by atoms with Crippen molar-refractivity contribution >= 4 is 34.4 Å². The number of aromatic amines is 1. The second-order valence-corrected chi connectivity index (χ2v) is 6.20. The molecule has 1 aliphatic rings. The summed E-state index contributed by atoms with van der Waals surface area (Å²) in [4.78, 5) is 27.0. The minimum Gasteiger partial charge on any atom is -0.481 e. The maximum Gasteiger partial charge on any atom is 0.313 e. The third-order valence-electron chi connectivity index (χ3n) is 4.26. The number of fused-ring (bicyclic) bond motifs is 1. The summed E-state index contributed by atoms with van der Waals surface area (Å²) in [7, 11) is 0. The van der Waals surface area contributed by atoms with E-state index in [4.69, 9.17) is 16.3 Å². The topological polar surface area (TPSA) is 91.4 Å². The Kier molecular flexibility index (Phi) is 4.28. The Morgan fingerprint density at radius 1 is 1.43 bits per heavy atom. The van der Waals surface area contributed by atoms with Crippen LogP contribution in [0.1, 0.15) is 23.2 Å². The number of aliphatic carboxylic acids is 1. The molecule has 2 aromatic rings. The molecular formula is C16H17ClN2O4. The quantitative estimate of drug-likeness (QED) is 0.799. The zero-order valence-corrected chi connectivity index (χ0v) is 13.2. The Morgan fingerprint density at radius 2 is 2.26 bits per heavy atom. The molecule has 1 saturated heterocycles. The van der Waals surface area contributed by atoms with E-state index in [0.29, 0.717) is 35.4 Å². The molecular weight excluding hydrogens is 320 g/mol. The molecule has 122 valence electrons. The van der Waals surface area contributed by atoms with Crippen LogP contribution in [0.2, 0.25) is 5.02 Å². The SMILES string of the molecule is O=C(NCC1(C(=O)O)CCCOC1)c1c[nH]c2cccc(Cl)c12. The standard InChI is InChI=1S/C16H17ClN2O4/c17-11-3-1-4-12-13(11)10(7-18-12)14(20)19-8-16(15(21)22)5-2-6-23-9-16/h1,3-4,7,18H,2,5-6,8-9H2,(H,19,20)(H,21,22). The Bertz CT molecular complexity index is 750. The molecule has 0 spiro atoms. The Balaban J connectivity index is 1.79. The largest absolute Gasteiger partial charge is 0.481 e. The van der Waals surface area contributed by atoms with Crippen molar-refractivity contribution in [3.63, 3.8) is 0 Å². The number of carbonyl (C=O) groups is 2. The van der Waals surface area contributed by atoms with Crippen molar-refractivity contribution in [1.82, 2.24) is 10.3 Å². The van der Waals surface area contributed by atoms with Crippen molar-refractivity contribution in [3.05, 3.63) is 35.0 Å². The van der Waals surface area contributed by atoms with Gasteiger partial charge in [0.05, 0.1) is 17.2 Å². The molecule has 1 fully saturated rings. The first-order chi connectivity index (χ1) is 11.0. The van der Waals surface area contributed by atoms with E-state index < -0.39 is 11.4 Å². The van der Waals surface area contributed by atoms with E-state index in [2.05, 4.69) is 10.3 Å². The molecule has 1 atom stereocenters. The summed E-state index contributed by atoms with van der Waals surface area (Å²) in [5.41, 5.74) is 0.101. The molecule has 1 aromatic heterocycles. The summed E-state index contributed by atoms with van der Waals surface area (Å²) in [6.45, 7) is 0.691. The summed E-state index contributed by atoms with van der Waals surface area (Å²) in [5, 5.41) is 13.3. The van der Waals surface area contributed by atoms with Crippen molar-refractivity contribution < 1.29 is 19.4 Å². The molecule has 3 rings (SSSR count). The molecule has 1 aromatic carbocycles. The van der Waals surface area contributed by atoms with E-state index in [1.54, 1.807) is 18.3 Å². The zero-order chi connectivity index (χ0) is 16.4. The van der Waals surface area contributed by atoms with Crippen LogP contribution in [0.15, 0.2) is 24.4 Å². The average molecular weight is 337 g/mol. The van der Waals surface area contributed by atoms with Crippen molar-refractivity contribution in [2.45, 2.75) is 12.8 Å². The van der Waals surface area contributed by atoms with Crippen LogP contribution in [0.3, 0.4) is 0 Å². The molecule has 3 N–H and O–H groups in total. The van der Waals surface area contributed by atoms with Gasteiger partial charge in [-0.1, -0.05) is 17.7 Å². The minimum absolute atomic E-state index is 0.0261. The number of rotatable bonds is 4. The second kappa shape index (κ2) is 6.22. The average Bonchev–Trinajstić information content (AvgIpc) is 2.99. The molecule has 1 aliphatic heterocycles. The van der Waals surface area contributed by atoms with Gasteiger partial charge in [-0.3, -0.25) is 9.59 Å². The lowest BCUT2D eigenvalue weighted by molar-refractivity contribution is -0.156. The van der Waals surface area contributed by atoms with Crippen molar-refractivity contribution in [2.24, 2.45) is 5.41 Å². The molecule has 7 heteroatoms. The summed E-state index contributed by atoms with van der Waals surface area (Å²) >= 11 is 6.16. The number of aromatic nitrogens is 1. The minimum atomic E-state index is -1.07. The summed E-state index contributed by atoms with van der Waals surface area (Å²) in [5.74, 6) is -1.30. The highest BCUT2D eigenvalue weighted by molar-refractivity contribution is 6.36. The van der Waals surface area contributed by atoms with Gasteiger partial charge in [0.1, 0.15) is 5.41 Å². The fraction of sp³-hybridized carbons (Fsp3) is 0.375. The lowest BCUT2D eigenvalue weighted by Gasteiger charge is -2.32. The van der Waals surface area contributed by atoms with E-state index >= 15 is 0 Å². The smallest absolute Gasteiger partial charge is 0.313 e. The number of carboxylic acids is 1. The van der Waals surface area contributed by atoms with Crippen LogP contribution in [0.25, 0.3) is 10.9 Å².